The highest BCUT2D eigenvalue weighted by molar-refractivity contribution is 9.10. The standard InChI is InChI=1S/C15H14BrNO4S2/c1-10-4-6-12(7-5-10)23(18,19)17(3)11(2)20-15(22)13-8-9-14(16)21-13/h4-9H,2H2,1,3H3. The highest BCUT2D eigenvalue weighted by Crippen LogP contribution is 2.21. The third-order valence-electron chi connectivity index (χ3n) is 3.02. The fourth-order valence-corrected chi connectivity index (χ4v) is 3.26. The molecule has 0 aliphatic carbocycles. The van der Waals surface area contributed by atoms with Gasteiger partial charge in [-0.05, 0) is 65.9 Å². The molecule has 0 unspecified atom stereocenters. The predicted octanol–water partition coefficient (Wildman–Crippen LogP) is 3.83. The minimum Gasteiger partial charge on any atom is -0.445 e. The van der Waals surface area contributed by atoms with Crippen LogP contribution in [0, 0.1) is 6.92 Å². The van der Waals surface area contributed by atoms with Crippen LogP contribution in [-0.2, 0) is 14.8 Å². The van der Waals surface area contributed by atoms with Crippen LogP contribution in [0.5, 0.6) is 0 Å². The summed E-state index contributed by atoms with van der Waals surface area (Å²) in [6.07, 6.45) is 0. The van der Waals surface area contributed by atoms with Gasteiger partial charge in [0.05, 0.1) is 4.90 Å². The SMILES string of the molecule is C=C(OC(=S)c1ccc(Br)o1)N(C)S(=O)(=O)c1ccc(C)cc1. The third kappa shape index (κ3) is 4.01. The van der Waals surface area contributed by atoms with Crippen LogP contribution in [0.4, 0.5) is 0 Å². The Morgan fingerprint density at radius 1 is 1.26 bits per heavy atom. The van der Waals surface area contributed by atoms with E-state index in [0.29, 0.717) is 10.4 Å². The summed E-state index contributed by atoms with van der Waals surface area (Å²) in [6.45, 7) is 5.50. The Balaban J connectivity index is 2.15. The molecule has 1 aromatic carbocycles. The predicted molar refractivity (Wildman–Crippen MR) is 94.5 cm³/mol. The average Bonchev–Trinajstić information content (AvgIpc) is 2.93. The van der Waals surface area contributed by atoms with Gasteiger partial charge in [-0.2, -0.15) is 0 Å². The number of nitrogens with zero attached hydrogens (tertiary/aromatic N) is 1. The molecule has 0 spiro atoms. The van der Waals surface area contributed by atoms with Gasteiger partial charge in [-0.15, -0.1) is 0 Å². The molecule has 1 heterocycles. The summed E-state index contributed by atoms with van der Waals surface area (Å²) in [4.78, 5) is 0.141. The molecule has 0 saturated heterocycles. The zero-order valence-electron chi connectivity index (χ0n) is 12.4. The first-order valence-electron chi connectivity index (χ1n) is 6.44. The lowest BCUT2D eigenvalue weighted by Gasteiger charge is -2.21. The van der Waals surface area contributed by atoms with Gasteiger partial charge in [0.1, 0.15) is 0 Å². The number of sulfonamides is 1. The van der Waals surface area contributed by atoms with Crippen LogP contribution >= 0.6 is 28.1 Å². The molecule has 5 nitrogen and oxygen atoms in total. The molecule has 23 heavy (non-hydrogen) atoms. The quantitative estimate of drug-likeness (QED) is 0.548. The summed E-state index contributed by atoms with van der Waals surface area (Å²) < 4.78 is 37.0. The highest BCUT2D eigenvalue weighted by Gasteiger charge is 2.24. The summed E-state index contributed by atoms with van der Waals surface area (Å²) in [7, 11) is -2.42. The van der Waals surface area contributed by atoms with E-state index in [-0.39, 0.29) is 15.8 Å². The largest absolute Gasteiger partial charge is 0.445 e. The minimum absolute atomic E-state index is 0.00773. The van der Waals surface area contributed by atoms with E-state index in [9.17, 15) is 8.42 Å². The molecule has 1 aromatic heterocycles. The Labute approximate surface area is 148 Å². The van der Waals surface area contributed by atoms with Crippen LogP contribution in [-0.4, -0.2) is 24.8 Å². The Morgan fingerprint density at radius 2 is 1.87 bits per heavy atom. The first-order valence-corrected chi connectivity index (χ1v) is 9.08. The first-order chi connectivity index (χ1) is 10.7. The molecule has 0 radical (unpaired) electrons. The zero-order valence-corrected chi connectivity index (χ0v) is 15.7. The molecule has 0 amide bonds. The topological polar surface area (TPSA) is 59.8 Å². The van der Waals surface area contributed by atoms with Crippen molar-refractivity contribution >= 4 is 43.2 Å². The molecule has 0 fully saturated rings. The second kappa shape index (κ2) is 6.86. The molecule has 0 aliphatic heterocycles. The third-order valence-corrected chi connectivity index (χ3v) is 5.52. The number of furan rings is 1. The highest BCUT2D eigenvalue weighted by atomic mass is 79.9. The van der Waals surface area contributed by atoms with Gasteiger partial charge in [-0.1, -0.05) is 17.7 Å². The van der Waals surface area contributed by atoms with Crippen molar-refractivity contribution in [1.82, 2.24) is 4.31 Å². The second-order valence-electron chi connectivity index (χ2n) is 4.67. The number of benzene rings is 1. The van der Waals surface area contributed by atoms with Crippen molar-refractivity contribution in [3.05, 3.63) is 64.9 Å². The number of hydrogen-bond acceptors (Lipinski definition) is 5. The van der Waals surface area contributed by atoms with Gasteiger partial charge in [0, 0.05) is 7.05 Å². The van der Waals surface area contributed by atoms with Crippen molar-refractivity contribution in [3.63, 3.8) is 0 Å². The molecule has 0 saturated carbocycles. The fourth-order valence-electron chi connectivity index (χ4n) is 1.65. The van der Waals surface area contributed by atoms with Gasteiger partial charge in [-0.25, -0.2) is 12.7 Å². The number of hydrogen-bond donors (Lipinski definition) is 0. The van der Waals surface area contributed by atoms with Gasteiger partial charge >= 0.3 is 0 Å². The van der Waals surface area contributed by atoms with Gasteiger partial charge in [0.25, 0.3) is 10.0 Å². The van der Waals surface area contributed by atoms with Crippen LogP contribution in [0.2, 0.25) is 0 Å². The minimum atomic E-state index is -3.77. The smallest absolute Gasteiger partial charge is 0.266 e. The van der Waals surface area contributed by atoms with E-state index in [1.165, 1.54) is 19.2 Å². The van der Waals surface area contributed by atoms with Crippen molar-refractivity contribution in [2.45, 2.75) is 11.8 Å². The second-order valence-corrected chi connectivity index (χ2v) is 7.79. The summed E-state index contributed by atoms with van der Waals surface area (Å²) in [5.41, 5.74) is 0.964. The van der Waals surface area contributed by atoms with Gasteiger partial charge in [-0.3, -0.25) is 0 Å². The molecule has 0 aliphatic rings. The molecule has 2 aromatic rings. The maximum atomic E-state index is 12.5. The molecule has 8 heteroatoms. The van der Waals surface area contributed by atoms with Crippen LogP contribution in [0.15, 0.2) is 62.8 Å². The molecular formula is C15H14BrNO4S2. The van der Waals surface area contributed by atoms with E-state index >= 15 is 0 Å². The van der Waals surface area contributed by atoms with Gasteiger partial charge in [0.15, 0.2) is 10.4 Å². The summed E-state index contributed by atoms with van der Waals surface area (Å²) >= 11 is 8.22. The van der Waals surface area contributed by atoms with Crippen LogP contribution in [0.25, 0.3) is 0 Å². The van der Waals surface area contributed by atoms with Crippen molar-refractivity contribution in [2.24, 2.45) is 0 Å². The maximum absolute atomic E-state index is 12.5. The monoisotopic (exact) mass is 415 g/mol. The van der Waals surface area contributed by atoms with Crippen molar-refractivity contribution < 1.29 is 17.6 Å². The number of thiocarbonyl (C=S) groups is 1. The lowest BCUT2D eigenvalue weighted by Crippen LogP contribution is -2.28. The lowest BCUT2D eigenvalue weighted by atomic mass is 10.2. The van der Waals surface area contributed by atoms with Gasteiger partial charge < -0.3 is 9.15 Å². The number of ether oxygens (including phenoxy) is 1. The van der Waals surface area contributed by atoms with E-state index in [4.69, 9.17) is 21.4 Å². The Morgan fingerprint density at radius 3 is 2.39 bits per heavy atom. The average molecular weight is 416 g/mol. The summed E-state index contributed by atoms with van der Waals surface area (Å²) in [5, 5.41) is -0.00773. The zero-order chi connectivity index (χ0) is 17.2. The molecular weight excluding hydrogens is 402 g/mol. The Hall–Kier alpha value is -1.64. The fraction of sp³-hybridized carbons (Fsp3) is 0.133. The number of aryl methyl sites for hydroxylation is 1. The Bertz CT molecular complexity index is 841. The van der Waals surface area contributed by atoms with E-state index in [1.54, 1.807) is 24.3 Å². The molecule has 0 N–H and O–H groups in total. The normalized spacial score (nSPS) is 11.1. The molecule has 0 atom stereocenters. The molecule has 0 bridgehead atoms. The summed E-state index contributed by atoms with van der Waals surface area (Å²) in [5.74, 6) is 0.178. The van der Waals surface area contributed by atoms with Crippen molar-refractivity contribution in [3.8, 4) is 0 Å². The summed E-state index contributed by atoms with van der Waals surface area (Å²) in [6, 6.07) is 9.74. The molecule has 122 valence electrons. The van der Waals surface area contributed by atoms with Crippen LogP contribution in [0.3, 0.4) is 0 Å². The van der Waals surface area contributed by atoms with Gasteiger partial charge in [0.2, 0.25) is 10.9 Å². The molecule has 2 rings (SSSR count). The number of rotatable bonds is 5. The van der Waals surface area contributed by atoms with Crippen molar-refractivity contribution in [2.75, 3.05) is 7.05 Å². The van der Waals surface area contributed by atoms with E-state index < -0.39 is 10.0 Å². The maximum Gasteiger partial charge on any atom is 0.266 e. The number of halogens is 1. The van der Waals surface area contributed by atoms with E-state index in [2.05, 4.69) is 22.5 Å². The lowest BCUT2D eigenvalue weighted by molar-refractivity contribution is 0.315. The first kappa shape index (κ1) is 17.7. The van der Waals surface area contributed by atoms with Crippen LogP contribution in [0.1, 0.15) is 11.3 Å². The van der Waals surface area contributed by atoms with Crippen molar-refractivity contribution in [1.29, 1.82) is 0 Å². The van der Waals surface area contributed by atoms with E-state index in [0.717, 1.165) is 9.87 Å². The Kier molecular flexibility index (Phi) is 5.28. The van der Waals surface area contributed by atoms with Crippen LogP contribution < -0.4 is 0 Å². The van der Waals surface area contributed by atoms with E-state index in [1.807, 2.05) is 6.92 Å².